The number of nitrogens with zero attached hydrogens (tertiary/aromatic N) is 3. The number of fused-ring (bicyclic) bond motifs is 1. The molecule has 0 bridgehead atoms. The number of para-hydroxylation sites is 1. The van der Waals surface area contributed by atoms with Crippen LogP contribution in [-0.2, 0) is 0 Å². The molecule has 29 heavy (non-hydrogen) atoms. The summed E-state index contributed by atoms with van der Waals surface area (Å²) in [5.41, 5.74) is 1.15. The molecule has 1 amide bonds. The molecule has 0 saturated heterocycles. The summed E-state index contributed by atoms with van der Waals surface area (Å²) in [7, 11) is 3.06. The molecule has 7 nitrogen and oxygen atoms in total. The molecule has 0 spiro atoms. The van der Waals surface area contributed by atoms with E-state index in [0.717, 1.165) is 10.2 Å². The predicted octanol–water partition coefficient (Wildman–Crippen LogP) is 4.59. The number of carbonyl (C=O) groups excluding carboxylic acids is 1. The second-order valence-corrected chi connectivity index (χ2v) is 6.95. The van der Waals surface area contributed by atoms with Crippen LogP contribution in [-0.4, -0.2) is 31.3 Å². The molecule has 2 heterocycles. The summed E-state index contributed by atoms with van der Waals surface area (Å²) < 4.78 is 16.8. The largest absolute Gasteiger partial charge is 0.497 e. The number of anilines is 1. The van der Waals surface area contributed by atoms with Gasteiger partial charge in [0.05, 0.1) is 36.9 Å². The molecule has 0 unspecified atom stereocenters. The number of hydrogen-bond donors (Lipinski definition) is 0. The number of rotatable bonds is 6. The number of amides is 1. The van der Waals surface area contributed by atoms with E-state index < -0.39 is 0 Å². The first kappa shape index (κ1) is 18.7. The smallest absolute Gasteiger partial charge is 0.281 e. The van der Waals surface area contributed by atoms with Crippen LogP contribution in [0.3, 0.4) is 0 Å². The number of thiazole rings is 1. The van der Waals surface area contributed by atoms with Crippen LogP contribution in [0.5, 0.6) is 11.5 Å². The third kappa shape index (κ3) is 3.97. The fraction of sp³-hybridized carbons (Fsp3) is 0.0952. The topological polar surface area (TPSA) is 77.2 Å². The number of aromatic nitrogens is 1. The second kappa shape index (κ2) is 8.15. The number of methoxy groups -OCH3 is 2. The van der Waals surface area contributed by atoms with Gasteiger partial charge in [0.2, 0.25) is 5.13 Å². The molecule has 2 aromatic heterocycles. The molecular weight excluding hydrogens is 390 g/mol. The summed E-state index contributed by atoms with van der Waals surface area (Å²) >= 11 is 1.37. The van der Waals surface area contributed by atoms with Gasteiger partial charge in [-0.1, -0.05) is 23.5 Å². The van der Waals surface area contributed by atoms with Crippen LogP contribution in [0.4, 0.5) is 5.13 Å². The highest BCUT2D eigenvalue weighted by atomic mass is 32.1. The predicted molar refractivity (Wildman–Crippen MR) is 112 cm³/mol. The Kier molecular flexibility index (Phi) is 5.26. The second-order valence-electron chi connectivity index (χ2n) is 5.94. The summed E-state index contributed by atoms with van der Waals surface area (Å²) in [5.74, 6) is 1.16. The van der Waals surface area contributed by atoms with Crippen molar-refractivity contribution in [1.82, 2.24) is 4.98 Å². The number of hydrazone groups is 1. The maximum atomic E-state index is 13.4. The van der Waals surface area contributed by atoms with E-state index in [4.69, 9.17) is 13.9 Å². The molecule has 0 aliphatic rings. The first-order valence-electron chi connectivity index (χ1n) is 8.68. The van der Waals surface area contributed by atoms with Crippen molar-refractivity contribution >= 4 is 38.8 Å². The van der Waals surface area contributed by atoms with E-state index in [2.05, 4.69) is 10.1 Å². The summed E-state index contributed by atoms with van der Waals surface area (Å²) in [6, 6.07) is 16.1. The zero-order valence-corrected chi connectivity index (χ0v) is 16.6. The Labute approximate surface area is 170 Å². The van der Waals surface area contributed by atoms with Gasteiger partial charge in [0.25, 0.3) is 5.91 Å². The zero-order valence-electron chi connectivity index (χ0n) is 15.7. The Morgan fingerprint density at radius 2 is 1.86 bits per heavy atom. The Bertz CT molecular complexity index is 1110. The van der Waals surface area contributed by atoms with E-state index in [1.54, 1.807) is 30.3 Å². The molecule has 0 atom stereocenters. The first-order valence-corrected chi connectivity index (χ1v) is 9.50. The normalized spacial score (nSPS) is 11.1. The van der Waals surface area contributed by atoms with Crippen molar-refractivity contribution in [2.45, 2.75) is 0 Å². The molecule has 4 rings (SSSR count). The molecule has 0 N–H and O–H groups in total. The minimum absolute atomic E-state index is 0.358. The average molecular weight is 407 g/mol. The lowest BCUT2D eigenvalue weighted by atomic mass is 10.2. The minimum Gasteiger partial charge on any atom is -0.497 e. The zero-order chi connectivity index (χ0) is 20.2. The van der Waals surface area contributed by atoms with Gasteiger partial charge in [-0.05, 0) is 36.4 Å². The number of hydrogen-bond acceptors (Lipinski definition) is 7. The van der Waals surface area contributed by atoms with Crippen molar-refractivity contribution in [3.05, 3.63) is 72.2 Å². The van der Waals surface area contributed by atoms with Crippen molar-refractivity contribution in [3.8, 4) is 11.5 Å². The van der Waals surface area contributed by atoms with E-state index in [1.165, 1.54) is 43.0 Å². The lowest BCUT2D eigenvalue weighted by Gasteiger charge is -2.15. The molecule has 0 fully saturated rings. The molecular formula is C21H17N3O4S. The van der Waals surface area contributed by atoms with E-state index in [-0.39, 0.29) is 5.91 Å². The Morgan fingerprint density at radius 1 is 1.10 bits per heavy atom. The lowest BCUT2D eigenvalue weighted by Crippen LogP contribution is -2.25. The fourth-order valence-electron chi connectivity index (χ4n) is 2.67. The Balaban J connectivity index is 1.78. The van der Waals surface area contributed by atoms with Crippen LogP contribution in [0, 0.1) is 0 Å². The lowest BCUT2D eigenvalue weighted by molar-refractivity contribution is 0.0987. The highest BCUT2D eigenvalue weighted by Gasteiger charge is 2.22. The molecule has 146 valence electrons. The monoisotopic (exact) mass is 407 g/mol. The summed E-state index contributed by atoms with van der Waals surface area (Å²) in [5, 5.41) is 6.05. The molecule has 4 aromatic rings. The van der Waals surface area contributed by atoms with Crippen LogP contribution in [0.15, 0.2) is 70.4 Å². The number of carbonyl (C=O) groups is 1. The van der Waals surface area contributed by atoms with Crippen molar-refractivity contribution in [1.29, 1.82) is 0 Å². The highest BCUT2D eigenvalue weighted by molar-refractivity contribution is 7.22. The van der Waals surface area contributed by atoms with Gasteiger partial charge in [0.1, 0.15) is 17.3 Å². The highest BCUT2D eigenvalue weighted by Crippen LogP contribution is 2.31. The number of benzene rings is 2. The Morgan fingerprint density at radius 3 is 2.52 bits per heavy atom. The SMILES string of the molecule is COc1cc(OC)cc(C(=O)N(/N=C\c2ccco2)c2nc3ccccc3s2)c1. The Hall–Kier alpha value is -3.65. The first-order chi connectivity index (χ1) is 14.2. The summed E-state index contributed by atoms with van der Waals surface area (Å²) in [6.07, 6.45) is 3.01. The van der Waals surface area contributed by atoms with Crippen molar-refractivity contribution in [2.75, 3.05) is 19.2 Å². The molecule has 8 heteroatoms. The molecule has 0 saturated carbocycles. The van der Waals surface area contributed by atoms with Gasteiger partial charge in [-0.15, -0.1) is 0 Å². The third-order valence-electron chi connectivity index (χ3n) is 4.10. The number of ether oxygens (including phenoxy) is 2. The average Bonchev–Trinajstić information content (AvgIpc) is 3.43. The minimum atomic E-state index is -0.371. The van der Waals surface area contributed by atoms with Crippen LogP contribution >= 0.6 is 11.3 Å². The van der Waals surface area contributed by atoms with Crippen molar-refractivity contribution in [2.24, 2.45) is 5.10 Å². The molecule has 0 aliphatic carbocycles. The van der Waals surface area contributed by atoms with Crippen molar-refractivity contribution in [3.63, 3.8) is 0 Å². The van der Waals surface area contributed by atoms with Crippen LogP contribution in [0.1, 0.15) is 16.1 Å². The molecule has 0 radical (unpaired) electrons. The maximum absolute atomic E-state index is 13.4. The molecule has 0 aliphatic heterocycles. The fourth-order valence-corrected chi connectivity index (χ4v) is 3.59. The van der Waals surface area contributed by atoms with Gasteiger partial charge >= 0.3 is 0 Å². The van der Waals surface area contributed by atoms with Crippen LogP contribution < -0.4 is 14.5 Å². The summed E-state index contributed by atoms with van der Waals surface area (Å²) in [4.78, 5) is 17.9. The van der Waals surface area contributed by atoms with E-state index in [0.29, 0.717) is 28.0 Å². The van der Waals surface area contributed by atoms with E-state index in [1.807, 2.05) is 24.3 Å². The van der Waals surface area contributed by atoms with E-state index in [9.17, 15) is 4.79 Å². The van der Waals surface area contributed by atoms with Gasteiger partial charge in [-0.25, -0.2) is 4.98 Å². The molecule has 2 aromatic carbocycles. The quantitative estimate of drug-likeness (QED) is 0.345. The van der Waals surface area contributed by atoms with Gasteiger partial charge in [0.15, 0.2) is 0 Å². The van der Waals surface area contributed by atoms with Gasteiger partial charge in [-0.2, -0.15) is 10.1 Å². The van der Waals surface area contributed by atoms with Crippen LogP contribution in [0.2, 0.25) is 0 Å². The summed E-state index contributed by atoms with van der Waals surface area (Å²) in [6.45, 7) is 0. The van der Waals surface area contributed by atoms with Crippen molar-refractivity contribution < 1.29 is 18.7 Å². The maximum Gasteiger partial charge on any atom is 0.281 e. The number of furan rings is 1. The van der Waals surface area contributed by atoms with Crippen LogP contribution in [0.25, 0.3) is 10.2 Å². The standard InChI is InChI=1S/C21H17N3O4S/c1-26-16-10-14(11-17(12-16)27-2)20(25)24(22-13-15-6-5-9-28-15)21-23-18-7-3-4-8-19(18)29-21/h3-13H,1-2H3/b22-13-. The van der Waals surface area contributed by atoms with E-state index >= 15 is 0 Å². The van der Waals surface area contributed by atoms with Gasteiger partial charge in [0, 0.05) is 11.6 Å². The third-order valence-corrected chi connectivity index (χ3v) is 5.11. The van der Waals surface area contributed by atoms with Gasteiger partial charge < -0.3 is 13.9 Å². The van der Waals surface area contributed by atoms with Gasteiger partial charge in [-0.3, -0.25) is 4.79 Å².